The van der Waals surface area contributed by atoms with Crippen LogP contribution in [0.4, 0.5) is 4.79 Å². The van der Waals surface area contributed by atoms with Gasteiger partial charge in [0.25, 0.3) is 0 Å². The number of thiophene rings is 1. The van der Waals surface area contributed by atoms with E-state index in [1.807, 2.05) is 17.5 Å². The normalized spacial score (nSPS) is 26.1. The Hall–Kier alpha value is -1.89. The highest BCUT2D eigenvalue weighted by Gasteiger charge is 2.43. The summed E-state index contributed by atoms with van der Waals surface area (Å²) in [7, 11) is 0. The predicted octanol–water partition coefficient (Wildman–Crippen LogP) is 1.47. The van der Waals surface area contributed by atoms with Crippen LogP contribution in [-0.2, 0) is 14.4 Å². The molecule has 1 fully saturated rings. The van der Waals surface area contributed by atoms with Crippen LogP contribution < -0.4 is 0 Å². The Balaban J connectivity index is 1.87. The minimum absolute atomic E-state index is 0.248. The van der Waals surface area contributed by atoms with Gasteiger partial charge in [0.15, 0.2) is 0 Å². The molecule has 1 saturated heterocycles. The number of carbonyl (C=O) groups excluding carboxylic acids is 2. The third-order valence-electron chi connectivity index (χ3n) is 3.15. The van der Waals surface area contributed by atoms with E-state index in [2.05, 4.69) is 5.16 Å². The first kappa shape index (κ1) is 12.2. The van der Waals surface area contributed by atoms with Crippen molar-refractivity contribution < 1.29 is 19.2 Å². The summed E-state index contributed by atoms with van der Waals surface area (Å²) in [5.41, 5.74) is 0.590. The van der Waals surface area contributed by atoms with Gasteiger partial charge in [0, 0.05) is 0 Å². The molecule has 3 heterocycles. The van der Waals surface area contributed by atoms with Crippen molar-refractivity contribution in [2.75, 3.05) is 13.2 Å². The second-order valence-corrected chi connectivity index (χ2v) is 5.29. The summed E-state index contributed by atoms with van der Waals surface area (Å²) in [6.07, 6.45) is -0.965. The summed E-state index contributed by atoms with van der Waals surface area (Å²) in [5, 5.41) is 5.89. The van der Waals surface area contributed by atoms with Crippen molar-refractivity contribution >= 4 is 29.0 Å². The average molecular weight is 280 g/mol. The van der Waals surface area contributed by atoms with Gasteiger partial charge in [0.1, 0.15) is 24.3 Å². The highest BCUT2D eigenvalue weighted by atomic mass is 32.1. The molecule has 2 amide bonds. The van der Waals surface area contributed by atoms with Crippen LogP contribution in [0.2, 0.25) is 0 Å². The highest BCUT2D eigenvalue weighted by molar-refractivity contribution is 7.12. The first-order valence-corrected chi connectivity index (χ1v) is 6.82. The van der Waals surface area contributed by atoms with Crippen molar-refractivity contribution in [1.29, 1.82) is 0 Å². The lowest BCUT2D eigenvalue weighted by Gasteiger charge is -2.18. The van der Waals surface area contributed by atoms with Crippen LogP contribution in [0.1, 0.15) is 11.8 Å². The van der Waals surface area contributed by atoms with Crippen LogP contribution >= 0.6 is 11.3 Å². The van der Waals surface area contributed by atoms with E-state index in [1.54, 1.807) is 6.92 Å². The van der Waals surface area contributed by atoms with Gasteiger partial charge in [0.05, 0.1) is 11.4 Å². The topological polar surface area (TPSA) is 68.2 Å². The maximum absolute atomic E-state index is 12.4. The number of nitrogens with zero attached hydrogens (tertiary/aromatic N) is 2. The largest absolute Gasteiger partial charge is 0.447 e. The van der Waals surface area contributed by atoms with Crippen molar-refractivity contribution in [3.8, 4) is 0 Å². The molecule has 0 unspecified atom stereocenters. The van der Waals surface area contributed by atoms with Gasteiger partial charge in [-0.2, -0.15) is 0 Å². The van der Waals surface area contributed by atoms with Gasteiger partial charge in [-0.05, 0) is 18.4 Å². The van der Waals surface area contributed by atoms with E-state index in [-0.39, 0.29) is 18.6 Å². The number of amides is 2. The van der Waals surface area contributed by atoms with E-state index in [0.29, 0.717) is 12.3 Å². The van der Waals surface area contributed by atoms with Crippen LogP contribution in [0, 0.1) is 5.92 Å². The van der Waals surface area contributed by atoms with Crippen LogP contribution in [-0.4, -0.2) is 41.9 Å². The molecule has 0 aromatic carbocycles. The molecule has 2 atom stereocenters. The Labute approximate surface area is 113 Å². The second-order valence-electron chi connectivity index (χ2n) is 4.35. The van der Waals surface area contributed by atoms with Gasteiger partial charge in [-0.3, -0.25) is 4.79 Å². The van der Waals surface area contributed by atoms with Crippen molar-refractivity contribution in [2.24, 2.45) is 11.1 Å². The molecule has 0 N–H and O–H groups in total. The number of rotatable bonds is 2. The molecule has 1 aromatic rings. The fourth-order valence-corrected chi connectivity index (χ4v) is 2.93. The molecule has 2 aliphatic heterocycles. The van der Waals surface area contributed by atoms with Crippen molar-refractivity contribution in [3.05, 3.63) is 22.4 Å². The predicted molar refractivity (Wildman–Crippen MR) is 68.0 cm³/mol. The summed E-state index contributed by atoms with van der Waals surface area (Å²) < 4.78 is 4.80. The molecule has 19 heavy (non-hydrogen) atoms. The number of oxime groups is 1. The summed E-state index contributed by atoms with van der Waals surface area (Å²) in [6, 6.07) is 3.77. The fourth-order valence-electron chi connectivity index (χ4n) is 2.18. The lowest BCUT2D eigenvalue weighted by Crippen LogP contribution is -2.42. The van der Waals surface area contributed by atoms with Crippen molar-refractivity contribution in [3.63, 3.8) is 0 Å². The van der Waals surface area contributed by atoms with Gasteiger partial charge in [-0.25, -0.2) is 9.69 Å². The Morgan fingerprint density at radius 1 is 1.58 bits per heavy atom. The molecule has 0 radical (unpaired) electrons. The minimum Gasteiger partial charge on any atom is -0.447 e. The summed E-state index contributed by atoms with van der Waals surface area (Å²) in [6.45, 7) is 2.31. The maximum Gasteiger partial charge on any atom is 0.416 e. The Kier molecular flexibility index (Phi) is 2.98. The lowest BCUT2D eigenvalue weighted by atomic mass is 9.96. The average Bonchev–Trinajstić information content (AvgIpc) is 3.07. The van der Waals surface area contributed by atoms with Crippen molar-refractivity contribution in [1.82, 2.24) is 4.90 Å². The van der Waals surface area contributed by atoms with E-state index in [0.717, 1.165) is 9.78 Å². The van der Waals surface area contributed by atoms with Gasteiger partial charge < -0.3 is 9.57 Å². The zero-order valence-corrected chi connectivity index (χ0v) is 11.1. The zero-order chi connectivity index (χ0) is 13.4. The van der Waals surface area contributed by atoms with Gasteiger partial charge in [-0.15, -0.1) is 11.3 Å². The molecule has 100 valence electrons. The number of carbonyl (C=O) groups is 2. The number of cyclic esters (lactones) is 1. The number of hydrogen-bond donors (Lipinski definition) is 0. The van der Waals surface area contributed by atoms with Crippen LogP contribution in [0.3, 0.4) is 0 Å². The molecule has 1 aromatic heterocycles. The van der Waals surface area contributed by atoms with E-state index in [4.69, 9.17) is 9.57 Å². The second kappa shape index (κ2) is 4.65. The standard InChI is InChI=1S/C12H12N2O4S/c1-7-9(11(15)14-4-5-17-12(14)16)10(13-18-7)8-3-2-6-19-8/h2-3,6-7,9H,4-5H2,1H3/t7-,9-/m1/s1. The first-order chi connectivity index (χ1) is 9.18. The van der Waals surface area contributed by atoms with E-state index in [9.17, 15) is 9.59 Å². The Morgan fingerprint density at radius 2 is 2.42 bits per heavy atom. The summed E-state index contributed by atoms with van der Waals surface area (Å²) in [4.78, 5) is 31.1. The molecule has 3 rings (SSSR count). The number of ether oxygens (including phenoxy) is 1. The zero-order valence-electron chi connectivity index (χ0n) is 10.2. The minimum atomic E-state index is -0.588. The molecule has 7 heteroatoms. The monoisotopic (exact) mass is 280 g/mol. The lowest BCUT2D eigenvalue weighted by molar-refractivity contribution is -0.132. The molecule has 0 spiro atoms. The van der Waals surface area contributed by atoms with Crippen LogP contribution in [0.15, 0.2) is 22.7 Å². The summed E-state index contributed by atoms with van der Waals surface area (Å²) >= 11 is 1.49. The van der Waals surface area contributed by atoms with Crippen molar-refractivity contribution in [2.45, 2.75) is 13.0 Å². The molecule has 6 nitrogen and oxygen atoms in total. The van der Waals surface area contributed by atoms with Crippen LogP contribution in [0.5, 0.6) is 0 Å². The molecule has 0 bridgehead atoms. The number of hydrogen-bond acceptors (Lipinski definition) is 6. The van der Waals surface area contributed by atoms with Gasteiger partial charge >= 0.3 is 6.09 Å². The quantitative estimate of drug-likeness (QED) is 0.822. The molecular formula is C12H12N2O4S. The third kappa shape index (κ3) is 1.99. The molecule has 0 saturated carbocycles. The van der Waals surface area contributed by atoms with Gasteiger partial charge in [-0.1, -0.05) is 11.2 Å². The Bertz CT molecular complexity index is 540. The Morgan fingerprint density at radius 3 is 3.05 bits per heavy atom. The SMILES string of the molecule is C[C@H]1ON=C(c2cccs2)[C@@H]1C(=O)N1CCOC1=O. The van der Waals surface area contributed by atoms with E-state index < -0.39 is 12.0 Å². The molecular weight excluding hydrogens is 268 g/mol. The molecule has 2 aliphatic rings. The smallest absolute Gasteiger partial charge is 0.416 e. The van der Waals surface area contributed by atoms with Crippen LogP contribution in [0.25, 0.3) is 0 Å². The van der Waals surface area contributed by atoms with E-state index >= 15 is 0 Å². The third-order valence-corrected chi connectivity index (χ3v) is 4.04. The fraction of sp³-hybridized carbons (Fsp3) is 0.417. The first-order valence-electron chi connectivity index (χ1n) is 5.94. The maximum atomic E-state index is 12.4. The highest BCUT2D eigenvalue weighted by Crippen LogP contribution is 2.28. The summed E-state index contributed by atoms with van der Waals surface area (Å²) in [5.74, 6) is -0.857. The molecule has 0 aliphatic carbocycles. The number of imide groups is 1. The van der Waals surface area contributed by atoms with Gasteiger partial charge in [0.2, 0.25) is 5.91 Å². The van der Waals surface area contributed by atoms with E-state index in [1.165, 1.54) is 11.3 Å².